The molecule has 3 rings (SSSR count). The summed E-state index contributed by atoms with van der Waals surface area (Å²) in [5.41, 5.74) is 0.636. The number of carbonyl (C=O) groups is 2. The van der Waals surface area contributed by atoms with Crippen LogP contribution in [0.5, 0.6) is 11.5 Å². The molecule has 12 heteroatoms. The molecule has 0 fully saturated rings. The fraction of sp³-hybridized carbons (Fsp3) is 0.455. The number of fused-ring (bicyclic) bond motifs is 3. The SMILES string of the molecule is C=CC(=O)OCC(O)COCCCCOc1ccc2c(c1)C(F)(F)c1cc(OCCCCOCC(O)COC(=O)C=C)ccc1-2. The molecule has 1 aliphatic rings. The Hall–Kier alpha value is -3.84. The predicted octanol–water partition coefficient (Wildman–Crippen LogP) is 4.34. The molecular formula is C33H40F2O10. The highest BCUT2D eigenvalue weighted by Crippen LogP contribution is 2.52. The lowest BCUT2D eigenvalue weighted by Crippen LogP contribution is -2.23. The van der Waals surface area contributed by atoms with E-state index in [1.165, 1.54) is 12.1 Å². The van der Waals surface area contributed by atoms with Gasteiger partial charge in [0.2, 0.25) is 0 Å². The van der Waals surface area contributed by atoms with Gasteiger partial charge in [-0.3, -0.25) is 0 Å². The van der Waals surface area contributed by atoms with Crippen molar-refractivity contribution in [2.45, 2.75) is 43.8 Å². The third kappa shape index (κ3) is 11.2. The average Bonchev–Trinajstić information content (AvgIpc) is 3.26. The maximum absolute atomic E-state index is 15.5. The van der Waals surface area contributed by atoms with Gasteiger partial charge in [0.1, 0.15) is 36.9 Å². The van der Waals surface area contributed by atoms with Crippen LogP contribution in [0, 0.1) is 0 Å². The molecule has 0 amide bonds. The lowest BCUT2D eigenvalue weighted by atomic mass is 10.1. The number of hydrogen-bond donors (Lipinski definition) is 2. The summed E-state index contributed by atoms with van der Waals surface area (Å²) in [5.74, 6) is -3.78. The maximum atomic E-state index is 15.5. The standard InChI is InChI=1S/C33H40F2O10/c1-3-31(38)44-21-23(36)19-40-13-5-7-15-42-25-9-11-27-28-12-10-26(18-30(28)33(34,35)29(27)17-25)43-16-8-6-14-41-20-24(37)22-45-32(39)4-2/h3-4,9-12,17-18,23-24,36-37H,1-2,5-8,13-16,19-22H2. The van der Waals surface area contributed by atoms with E-state index in [-0.39, 0.29) is 37.6 Å². The van der Waals surface area contributed by atoms with E-state index in [0.717, 1.165) is 12.2 Å². The van der Waals surface area contributed by atoms with Gasteiger partial charge in [0, 0.05) is 36.5 Å². The fourth-order valence-electron chi connectivity index (χ4n) is 4.36. The molecule has 1 aliphatic carbocycles. The van der Waals surface area contributed by atoms with E-state index in [0.29, 0.717) is 74.7 Å². The number of halogens is 2. The first-order valence-corrected chi connectivity index (χ1v) is 14.7. The van der Waals surface area contributed by atoms with Crippen LogP contribution in [0.25, 0.3) is 11.1 Å². The number of rotatable bonds is 22. The first-order valence-electron chi connectivity index (χ1n) is 14.7. The number of unbranched alkanes of at least 4 members (excludes halogenated alkanes) is 2. The fourth-order valence-corrected chi connectivity index (χ4v) is 4.36. The molecule has 0 radical (unpaired) electrons. The maximum Gasteiger partial charge on any atom is 0.330 e. The van der Waals surface area contributed by atoms with Crippen molar-refractivity contribution in [1.82, 2.24) is 0 Å². The predicted molar refractivity (Wildman–Crippen MR) is 160 cm³/mol. The minimum Gasteiger partial charge on any atom is -0.494 e. The molecule has 0 aromatic heterocycles. The molecule has 2 aromatic carbocycles. The molecule has 246 valence electrons. The highest BCUT2D eigenvalue weighted by molar-refractivity contribution is 5.82. The molecule has 0 spiro atoms. The Morgan fingerprint density at radius 2 is 1.09 bits per heavy atom. The van der Waals surface area contributed by atoms with Crippen LogP contribution < -0.4 is 9.47 Å². The van der Waals surface area contributed by atoms with Gasteiger partial charge in [-0.1, -0.05) is 25.3 Å². The molecule has 2 aromatic rings. The lowest BCUT2D eigenvalue weighted by Gasteiger charge is -2.15. The number of hydrogen-bond acceptors (Lipinski definition) is 10. The Kier molecular flexibility index (Phi) is 14.4. The Morgan fingerprint density at radius 3 is 1.49 bits per heavy atom. The highest BCUT2D eigenvalue weighted by atomic mass is 19.3. The molecule has 45 heavy (non-hydrogen) atoms. The molecule has 0 aliphatic heterocycles. The number of alkyl halides is 2. The Bertz CT molecular complexity index is 1190. The van der Waals surface area contributed by atoms with Crippen LogP contribution in [0.1, 0.15) is 36.8 Å². The van der Waals surface area contributed by atoms with Crippen molar-refractivity contribution < 1.29 is 57.0 Å². The number of carbonyl (C=O) groups excluding carboxylic acids is 2. The van der Waals surface area contributed by atoms with Crippen LogP contribution >= 0.6 is 0 Å². The molecule has 2 unspecified atom stereocenters. The van der Waals surface area contributed by atoms with E-state index >= 15 is 8.78 Å². The van der Waals surface area contributed by atoms with E-state index in [9.17, 15) is 19.8 Å². The van der Waals surface area contributed by atoms with Crippen LogP contribution in [0.4, 0.5) is 8.78 Å². The number of benzene rings is 2. The Morgan fingerprint density at radius 1 is 0.689 bits per heavy atom. The number of esters is 2. The second-order valence-corrected chi connectivity index (χ2v) is 10.2. The van der Waals surface area contributed by atoms with Crippen molar-refractivity contribution >= 4 is 11.9 Å². The second kappa shape index (κ2) is 18.2. The van der Waals surface area contributed by atoms with Crippen molar-refractivity contribution in [3.05, 3.63) is 72.8 Å². The van der Waals surface area contributed by atoms with Gasteiger partial charge in [0.05, 0.1) is 26.4 Å². The number of ether oxygens (including phenoxy) is 6. The lowest BCUT2D eigenvalue weighted by molar-refractivity contribution is -0.142. The molecule has 0 saturated carbocycles. The van der Waals surface area contributed by atoms with Gasteiger partial charge in [0.15, 0.2) is 0 Å². The third-order valence-electron chi connectivity index (χ3n) is 6.64. The summed E-state index contributed by atoms with van der Waals surface area (Å²) < 4.78 is 62.5. The van der Waals surface area contributed by atoms with Crippen molar-refractivity contribution in [3.8, 4) is 22.6 Å². The summed E-state index contributed by atoms with van der Waals surface area (Å²) in [5, 5.41) is 19.4. The Labute approximate surface area is 261 Å². The van der Waals surface area contributed by atoms with Crippen LogP contribution in [0.15, 0.2) is 61.7 Å². The smallest absolute Gasteiger partial charge is 0.330 e. The average molecular weight is 635 g/mol. The summed E-state index contributed by atoms with van der Waals surface area (Å²) in [6.45, 7) is 7.51. The van der Waals surface area contributed by atoms with Gasteiger partial charge in [-0.2, -0.15) is 8.78 Å². The number of aliphatic hydroxyl groups excluding tert-OH is 2. The van der Waals surface area contributed by atoms with Crippen molar-refractivity contribution in [3.63, 3.8) is 0 Å². The van der Waals surface area contributed by atoms with Gasteiger partial charge >= 0.3 is 11.9 Å². The van der Waals surface area contributed by atoms with E-state index in [1.807, 2.05) is 0 Å². The summed E-state index contributed by atoms with van der Waals surface area (Å²) in [7, 11) is 0. The summed E-state index contributed by atoms with van der Waals surface area (Å²) in [4.78, 5) is 22.0. The summed E-state index contributed by atoms with van der Waals surface area (Å²) in [6, 6.07) is 9.34. The van der Waals surface area contributed by atoms with E-state index < -0.39 is 30.1 Å². The van der Waals surface area contributed by atoms with Gasteiger partial charge in [-0.25, -0.2) is 9.59 Å². The minimum absolute atomic E-state index is 0.0123. The zero-order valence-corrected chi connectivity index (χ0v) is 25.1. The van der Waals surface area contributed by atoms with Crippen molar-refractivity contribution in [2.75, 3.05) is 52.9 Å². The zero-order chi connectivity index (χ0) is 32.7. The van der Waals surface area contributed by atoms with Crippen LogP contribution in [0.3, 0.4) is 0 Å². The third-order valence-corrected chi connectivity index (χ3v) is 6.64. The van der Waals surface area contributed by atoms with Crippen LogP contribution in [-0.2, 0) is 34.5 Å². The van der Waals surface area contributed by atoms with Gasteiger partial charge < -0.3 is 38.6 Å². The van der Waals surface area contributed by atoms with Crippen LogP contribution in [0.2, 0.25) is 0 Å². The van der Waals surface area contributed by atoms with E-state index in [4.69, 9.17) is 28.4 Å². The molecule has 0 bridgehead atoms. The van der Waals surface area contributed by atoms with Crippen molar-refractivity contribution in [2.24, 2.45) is 0 Å². The topological polar surface area (TPSA) is 130 Å². The summed E-state index contributed by atoms with van der Waals surface area (Å²) >= 11 is 0. The molecule has 0 saturated heterocycles. The number of aliphatic hydroxyl groups is 2. The normalized spacial score (nSPS) is 14.0. The van der Waals surface area contributed by atoms with Gasteiger partial charge in [-0.05, 0) is 61.1 Å². The largest absolute Gasteiger partial charge is 0.494 e. The monoisotopic (exact) mass is 634 g/mol. The first kappa shape index (κ1) is 35.6. The minimum atomic E-state index is -3.22. The first-order chi connectivity index (χ1) is 21.6. The van der Waals surface area contributed by atoms with Gasteiger partial charge in [-0.15, -0.1) is 0 Å². The summed E-state index contributed by atoms with van der Waals surface area (Å²) in [6.07, 6.45) is 2.61. The molecule has 0 heterocycles. The quantitative estimate of drug-likeness (QED) is 0.110. The molecule has 10 nitrogen and oxygen atoms in total. The van der Waals surface area contributed by atoms with E-state index in [1.54, 1.807) is 24.3 Å². The highest BCUT2D eigenvalue weighted by Gasteiger charge is 2.45. The van der Waals surface area contributed by atoms with Crippen molar-refractivity contribution in [1.29, 1.82) is 0 Å². The molecular weight excluding hydrogens is 594 g/mol. The van der Waals surface area contributed by atoms with E-state index in [2.05, 4.69) is 13.2 Å². The zero-order valence-electron chi connectivity index (χ0n) is 25.1. The molecule has 2 N–H and O–H groups in total. The molecule has 2 atom stereocenters. The van der Waals surface area contributed by atoms with Gasteiger partial charge in [0.25, 0.3) is 5.92 Å². The Balaban J connectivity index is 1.36. The second-order valence-electron chi connectivity index (χ2n) is 10.2. The van der Waals surface area contributed by atoms with Crippen LogP contribution in [-0.4, -0.2) is 87.2 Å².